The highest BCUT2D eigenvalue weighted by Gasteiger charge is 2.34. The van der Waals surface area contributed by atoms with Crippen LogP contribution in [0.4, 0.5) is 0 Å². The van der Waals surface area contributed by atoms with Crippen molar-refractivity contribution in [3.05, 3.63) is 28.8 Å². The van der Waals surface area contributed by atoms with Gasteiger partial charge in [-0.2, -0.15) is 0 Å². The first-order valence-corrected chi connectivity index (χ1v) is 8.88. The second-order valence-electron chi connectivity index (χ2n) is 5.27. The minimum atomic E-state index is -3.91. The van der Waals surface area contributed by atoms with Crippen LogP contribution in [0.3, 0.4) is 0 Å². The van der Waals surface area contributed by atoms with Crippen LogP contribution in [0.15, 0.2) is 23.1 Å². The normalized spacial score (nSPS) is 21.6. The van der Waals surface area contributed by atoms with Gasteiger partial charge in [0.05, 0.1) is 4.90 Å². The average molecular weight is 336 g/mol. The molecule has 0 saturated heterocycles. The maximum atomic E-state index is 12.3. The number of carbonyl (C=O) groups excluding carboxylic acids is 1. The van der Waals surface area contributed by atoms with Gasteiger partial charge in [-0.25, -0.2) is 8.42 Å². The Bertz CT molecular complexity index is 645. The van der Waals surface area contributed by atoms with Gasteiger partial charge in [0.2, 0.25) is 0 Å². The number of amides is 1. The Labute approximate surface area is 128 Å². The Morgan fingerprint density at radius 3 is 2.50 bits per heavy atom. The highest BCUT2D eigenvalue weighted by molar-refractivity contribution is 8.13. The zero-order chi connectivity index (χ0) is 15.1. The highest BCUT2D eigenvalue weighted by atomic mass is 35.7. The van der Waals surface area contributed by atoms with Crippen molar-refractivity contribution in [3.63, 3.8) is 0 Å². The predicted octanol–water partition coefficient (Wildman–Crippen LogP) is 3.00. The van der Waals surface area contributed by atoms with E-state index in [1.54, 1.807) is 11.9 Å². The number of rotatable bonds is 4. The molecule has 0 bridgehead atoms. The molecule has 1 aliphatic rings. The molecule has 1 saturated carbocycles. The molecule has 2 rings (SSSR count). The van der Waals surface area contributed by atoms with E-state index in [4.69, 9.17) is 22.3 Å². The zero-order valence-electron chi connectivity index (χ0n) is 11.1. The van der Waals surface area contributed by atoms with Crippen LogP contribution in [-0.2, 0) is 9.05 Å². The van der Waals surface area contributed by atoms with Gasteiger partial charge in [-0.3, -0.25) is 4.79 Å². The summed E-state index contributed by atoms with van der Waals surface area (Å²) in [5.74, 6) is 0.913. The smallest absolute Gasteiger partial charge is 0.261 e. The molecule has 20 heavy (non-hydrogen) atoms. The molecule has 1 amide bonds. The molecule has 2 atom stereocenters. The van der Waals surface area contributed by atoms with Crippen molar-refractivity contribution in [1.29, 1.82) is 0 Å². The maximum Gasteiger partial charge on any atom is 0.261 e. The average Bonchev–Trinajstić information content (AvgIpc) is 3.01. The molecule has 0 aliphatic heterocycles. The van der Waals surface area contributed by atoms with Gasteiger partial charge in [-0.15, -0.1) is 0 Å². The summed E-state index contributed by atoms with van der Waals surface area (Å²) in [6.07, 6.45) is 1.12. The molecular weight excluding hydrogens is 321 g/mol. The van der Waals surface area contributed by atoms with Crippen LogP contribution in [0.1, 0.15) is 23.7 Å². The molecule has 0 heterocycles. The van der Waals surface area contributed by atoms with Crippen molar-refractivity contribution in [2.24, 2.45) is 11.8 Å². The number of carbonyl (C=O) groups is 1. The van der Waals surface area contributed by atoms with E-state index in [9.17, 15) is 13.2 Å². The number of hydrogen-bond donors (Lipinski definition) is 0. The first-order chi connectivity index (χ1) is 9.18. The van der Waals surface area contributed by atoms with E-state index < -0.39 is 9.05 Å². The summed E-state index contributed by atoms with van der Waals surface area (Å²) in [5.41, 5.74) is 0.229. The molecule has 110 valence electrons. The largest absolute Gasteiger partial charge is 0.341 e. The molecule has 0 aromatic heterocycles. The van der Waals surface area contributed by atoms with Crippen LogP contribution in [0.25, 0.3) is 0 Å². The fourth-order valence-corrected chi connectivity index (χ4v) is 3.24. The van der Waals surface area contributed by atoms with Gasteiger partial charge >= 0.3 is 0 Å². The number of hydrogen-bond acceptors (Lipinski definition) is 3. The van der Waals surface area contributed by atoms with Crippen molar-refractivity contribution in [2.45, 2.75) is 18.2 Å². The maximum absolute atomic E-state index is 12.3. The van der Waals surface area contributed by atoms with Crippen molar-refractivity contribution in [2.75, 3.05) is 13.6 Å². The third kappa shape index (κ3) is 3.65. The monoisotopic (exact) mass is 335 g/mol. The molecule has 0 spiro atoms. The van der Waals surface area contributed by atoms with E-state index in [1.807, 2.05) is 0 Å². The quantitative estimate of drug-likeness (QED) is 0.795. The van der Waals surface area contributed by atoms with Gasteiger partial charge in [0.1, 0.15) is 0 Å². The van der Waals surface area contributed by atoms with Crippen LogP contribution in [0, 0.1) is 11.8 Å². The van der Waals surface area contributed by atoms with Crippen LogP contribution in [-0.4, -0.2) is 32.8 Å². The number of benzene rings is 1. The number of nitrogens with zero attached hydrogens (tertiary/aromatic N) is 1. The van der Waals surface area contributed by atoms with Crippen molar-refractivity contribution >= 4 is 37.2 Å². The van der Waals surface area contributed by atoms with Crippen LogP contribution in [0.5, 0.6) is 0 Å². The first kappa shape index (κ1) is 15.6. The Balaban J connectivity index is 2.23. The second kappa shape index (κ2) is 5.54. The minimum absolute atomic E-state index is 0.164. The molecule has 2 unspecified atom stereocenters. The van der Waals surface area contributed by atoms with Crippen LogP contribution < -0.4 is 0 Å². The standard InChI is InChI=1S/C13H15Cl2NO3S/c1-8-3-10(8)7-16(2)13(17)9-4-11(14)6-12(5-9)20(15,18)19/h4-6,8,10H,3,7H2,1-2H3. The fraction of sp³-hybridized carbons (Fsp3) is 0.462. The lowest BCUT2D eigenvalue weighted by molar-refractivity contribution is 0.0787. The summed E-state index contributed by atoms with van der Waals surface area (Å²) < 4.78 is 22.7. The van der Waals surface area contributed by atoms with Gasteiger partial charge in [0.15, 0.2) is 0 Å². The Morgan fingerprint density at radius 1 is 1.40 bits per heavy atom. The van der Waals surface area contributed by atoms with Crippen molar-refractivity contribution in [1.82, 2.24) is 4.90 Å². The third-order valence-electron chi connectivity index (χ3n) is 3.53. The molecular formula is C13H15Cl2NO3S. The molecule has 7 heteroatoms. The summed E-state index contributed by atoms with van der Waals surface area (Å²) in [4.78, 5) is 13.7. The zero-order valence-corrected chi connectivity index (χ0v) is 13.5. The van der Waals surface area contributed by atoms with E-state index in [0.717, 1.165) is 6.42 Å². The predicted molar refractivity (Wildman–Crippen MR) is 78.7 cm³/mol. The van der Waals surface area contributed by atoms with Gasteiger partial charge in [-0.1, -0.05) is 18.5 Å². The summed E-state index contributed by atoms with van der Waals surface area (Å²) in [6, 6.07) is 3.93. The highest BCUT2D eigenvalue weighted by Crippen LogP contribution is 2.38. The Kier molecular flexibility index (Phi) is 4.33. The summed E-state index contributed by atoms with van der Waals surface area (Å²) in [5, 5.41) is 0.170. The Hall–Kier alpha value is -0.780. The molecule has 0 N–H and O–H groups in total. The van der Waals surface area contributed by atoms with Crippen molar-refractivity contribution < 1.29 is 13.2 Å². The van der Waals surface area contributed by atoms with Gasteiger partial charge < -0.3 is 4.90 Å². The van der Waals surface area contributed by atoms with Crippen LogP contribution >= 0.6 is 22.3 Å². The topological polar surface area (TPSA) is 54.5 Å². The Morgan fingerprint density at radius 2 is 2.00 bits per heavy atom. The van der Waals surface area contributed by atoms with Gasteiger partial charge in [-0.05, 0) is 36.5 Å². The summed E-state index contributed by atoms with van der Waals surface area (Å²) in [7, 11) is 3.08. The molecule has 0 radical (unpaired) electrons. The lowest BCUT2D eigenvalue weighted by Gasteiger charge is -2.17. The van der Waals surface area contributed by atoms with E-state index in [0.29, 0.717) is 18.4 Å². The SMILES string of the molecule is CC1CC1CN(C)C(=O)c1cc(Cl)cc(S(=O)(=O)Cl)c1. The van der Waals surface area contributed by atoms with E-state index in [1.165, 1.54) is 18.2 Å². The molecule has 1 fully saturated rings. The molecule has 1 aromatic carbocycles. The first-order valence-electron chi connectivity index (χ1n) is 6.19. The molecule has 1 aliphatic carbocycles. The van der Waals surface area contributed by atoms with Gasteiger partial charge in [0.25, 0.3) is 15.0 Å². The van der Waals surface area contributed by atoms with E-state index >= 15 is 0 Å². The van der Waals surface area contributed by atoms with Gasteiger partial charge in [0, 0.05) is 34.9 Å². The van der Waals surface area contributed by atoms with Crippen molar-refractivity contribution in [3.8, 4) is 0 Å². The third-order valence-corrected chi connectivity index (χ3v) is 5.08. The van der Waals surface area contributed by atoms with E-state index in [-0.39, 0.29) is 21.4 Å². The van der Waals surface area contributed by atoms with E-state index in [2.05, 4.69) is 6.92 Å². The molecule has 1 aromatic rings. The minimum Gasteiger partial charge on any atom is -0.341 e. The lowest BCUT2D eigenvalue weighted by Crippen LogP contribution is -2.29. The number of halogens is 2. The van der Waals surface area contributed by atoms with Crippen LogP contribution in [0.2, 0.25) is 5.02 Å². The summed E-state index contributed by atoms with van der Waals surface area (Å²) >= 11 is 5.85. The lowest BCUT2D eigenvalue weighted by atomic mass is 10.2. The second-order valence-corrected chi connectivity index (χ2v) is 8.27. The fourth-order valence-electron chi connectivity index (χ4n) is 2.14. The molecule has 4 nitrogen and oxygen atoms in total. The summed E-state index contributed by atoms with van der Waals surface area (Å²) in [6.45, 7) is 2.80.